The number of benzene rings is 2. The van der Waals surface area contributed by atoms with E-state index >= 15 is 0 Å². The van der Waals surface area contributed by atoms with Crippen LogP contribution in [0.25, 0.3) is 0 Å². The number of para-hydroxylation sites is 1. The highest BCUT2D eigenvalue weighted by Crippen LogP contribution is 2.24. The molecule has 0 aromatic heterocycles. The van der Waals surface area contributed by atoms with E-state index in [4.69, 9.17) is 4.74 Å². The SMILES string of the molecule is COc1ccccc1[C@H](C)NC(=O)CN(C)S(=O)(=O)c1ccc(F)cc1. The number of carbonyl (C=O) groups excluding carboxylic acids is 1. The molecule has 26 heavy (non-hydrogen) atoms. The third kappa shape index (κ3) is 4.59. The Morgan fingerprint density at radius 3 is 2.42 bits per heavy atom. The number of nitrogens with one attached hydrogen (secondary N) is 1. The topological polar surface area (TPSA) is 75.7 Å². The molecule has 6 nitrogen and oxygen atoms in total. The van der Waals surface area contributed by atoms with Crippen molar-refractivity contribution < 1.29 is 22.3 Å². The Morgan fingerprint density at radius 2 is 1.81 bits per heavy atom. The van der Waals surface area contributed by atoms with Crippen molar-refractivity contribution in [2.24, 2.45) is 0 Å². The molecule has 1 amide bonds. The first-order chi connectivity index (χ1) is 12.3. The number of nitrogens with zero attached hydrogens (tertiary/aromatic N) is 1. The van der Waals surface area contributed by atoms with Crippen LogP contribution in [0.2, 0.25) is 0 Å². The molecule has 0 radical (unpaired) electrons. The standard InChI is InChI=1S/C18H21FN2O4S/c1-13(16-6-4-5-7-17(16)25-3)20-18(22)12-21(2)26(23,24)15-10-8-14(19)9-11-15/h4-11,13H,12H2,1-3H3,(H,20,22)/t13-/m0/s1. The lowest BCUT2D eigenvalue weighted by molar-refractivity contribution is -0.121. The summed E-state index contributed by atoms with van der Waals surface area (Å²) in [6, 6.07) is 11.3. The van der Waals surface area contributed by atoms with Gasteiger partial charge in [-0.15, -0.1) is 0 Å². The Bertz CT molecular complexity index is 869. The van der Waals surface area contributed by atoms with Crippen LogP contribution in [0.5, 0.6) is 5.75 Å². The molecule has 140 valence electrons. The summed E-state index contributed by atoms with van der Waals surface area (Å²) in [5.41, 5.74) is 0.785. The van der Waals surface area contributed by atoms with E-state index in [0.717, 1.165) is 34.1 Å². The Labute approximate surface area is 152 Å². The van der Waals surface area contributed by atoms with Crippen molar-refractivity contribution in [3.8, 4) is 5.75 Å². The molecule has 0 aliphatic rings. The molecule has 1 N–H and O–H groups in total. The maximum absolute atomic E-state index is 13.0. The lowest BCUT2D eigenvalue weighted by atomic mass is 10.1. The molecule has 0 aliphatic carbocycles. The van der Waals surface area contributed by atoms with Gasteiger partial charge in [0.2, 0.25) is 15.9 Å². The molecule has 0 unspecified atom stereocenters. The van der Waals surface area contributed by atoms with Gasteiger partial charge in [-0.05, 0) is 37.3 Å². The molecule has 0 saturated carbocycles. The highest BCUT2D eigenvalue weighted by Gasteiger charge is 2.24. The van der Waals surface area contributed by atoms with Gasteiger partial charge in [-0.25, -0.2) is 12.8 Å². The molecule has 0 saturated heterocycles. The molecule has 2 aromatic rings. The van der Waals surface area contributed by atoms with Gasteiger partial charge in [-0.3, -0.25) is 4.79 Å². The summed E-state index contributed by atoms with van der Waals surface area (Å²) >= 11 is 0. The molecule has 0 bridgehead atoms. The zero-order valence-corrected chi connectivity index (χ0v) is 15.6. The third-order valence-electron chi connectivity index (χ3n) is 3.87. The van der Waals surface area contributed by atoms with Gasteiger partial charge in [0.25, 0.3) is 0 Å². The largest absolute Gasteiger partial charge is 0.496 e. The molecule has 0 heterocycles. The van der Waals surface area contributed by atoms with Crippen molar-refractivity contribution in [1.29, 1.82) is 0 Å². The highest BCUT2D eigenvalue weighted by molar-refractivity contribution is 7.89. The van der Waals surface area contributed by atoms with Gasteiger partial charge in [-0.2, -0.15) is 4.31 Å². The minimum Gasteiger partial charge on any atom is -0.496 e. The van der Waals surface area contributed by atoms with Crippen molar-refractivity contribution in [1.82, 2.24) is 9.62 Å². The number of methoxy groups -OCH3 is 1. The van der Waals surface area contributed by atoms with Crippen LogP contribution < -0.4 is 10.1 Å². The number of carbonyl (C=O) groups is 1. The molecule has 1 atom stereocenters. The first kappa shape index (κ1) is 19.9. The predicted octanol–water partition coefficient (Wildman–Crippen LogP) is 2.33. The summed E-state index contributed by atoms with van der Waals surface area (Å²) in [6.45, 7) is 1.42. The van der Waals surface area contributed by atoms with E-state index in [1.54, 1.807) is 13.0 Å². The average molecular weight is 380 g/mol. The van der Waals surface area contributed by atoms with Crippen LogP contribution in [0, 0.1) is 5.82 Å². The fraction of sp³-hybridized carbons (Fsp3) is 0.278. The number of halogens is 1. The highest BCUT2D eigenvalue weighted by atomic mass is 32.2. The molecule has 0 aliphatic heterocycles. The number of ether oxygens (including phenoxy) is 1. The summed E-state index contributed by atoms with van der Waals surface area (Å²) in [5, 5.41) is 2.75. The molecule has 0 fully saturated rings. The lowest BCUT2D eigenvalue weighted by Gasteiger charge is -2.20. The van der Waals surface area contributed by atoms with Crippen molar-refractivity contribution in [2.75, 3.05) is 20.7 Å². The minimum absolute atomic E-state index is 0.0769. The lowest BCUT2D eigenvalue weighted by Crippen LogP contribution is -2.39. The average Bonchev–Trinajstić information content (AvgIpc) is 2.61. The number of sulfonamides is 1. The fourth-order valence-corrected chi connectivity index (χ4v) is 3.59. The first-order valence-corrected chi connectivity index (χ1v) is 9.34. The second-order valence-corrected chi connectivity index (χ2v) is 7.79. The van der Waals surface area contributed by atoms with E-state index < -0.39 is 21.7 Å². The van der Waals surface area contributed by atoms with Gasteiger partial charge < -0.3 is 10.1 Å². The summed E-state index contributed by atoms with van der Waals surface area (Å²) in [7, 11) is -1.05. The number of hydrogen-bond donors (Lipinski definition) is 1. The van der Waals surface area contributed by atoms with E-state index in [-0.39, 0.29) is 17.5 Å². The molecule has 8 heteroatoms. The number of hydrogen-bond acceptors (Lipinski definition) is 4. The third-order valence-corrected chi connectivity index (χ3v) is 5.69. The van der Waals surface area contributed by atoms with Crippen LogP contribution in [0.3, 0.4) is 0 Å². The van der Waals surface area contributed by atoms with Crippen LogP contribution in [-0.4, -0.2) is 39.3 Å². The Morgan fingerprint density at radius 1 is 1.19 bits per heavy atom. The Balaban J connectivity index is 2.05. The van der Waals surface area contributed by atoms with E-state index in [2.05, 4.69) is 5.32 Å². The predicted molar refractivity (Wildman–Crippen MR) is 95.8 cm³/mol. The number of amides is 1. The zero-order chi connectivity index (χ0) is 19.3. The molecule has 0 spiro atoms. The molecular formula is C18H21FN2O4S. The van der Waals surface area contributed by atoms with E-state index in [0.29, 0.717) is 5.75 Å². The number of likely N-dealkylation sites (N-methyl/N-ethyl adjacent to an activating group) is 1. The van der Waals surface area contributed by atoms with Gasteiger partial charge >= 0.3 is 0 Å². The second kappa shape index (κ2) is 8.29. The fourth-order valence-electron chi connectivity index (χ4n) is 2.46. The zero-order valence-electron chi connectivity index (χ0n) is 14.8. The molecular weight excluding hydrogens is 359 g/mol. The quantitative estimate of drug-likeness (QED) is 0.800. The van der Waals surface area contributed by atoms with Crippen LogP contribution >= 0.6 is 0 Å². The summed E-state index contributed by atoms with van der Waals surface area (Å²) < 4.78 is 44.0. The van der Waals surface area contributed by atoms with Gasteiger partial charge in [0.15, 0.2) is 0 Å². The second-order valence-electron chi connectivity index (χ2n) is 5.75. The van der Waals surface area contributed by atoms with E-state index in [1.165, 1.54) is 14.2 Å². The Kier molecular flexibility index (Phi) is 6.33. The van der Waals surface area contributed by atoms with Gasteiger partial charge in [0, 0.05) is 12.6 Å². The van der Waals surface area contributed by atoms with Crippen LogP contribution in [0.1, 0.15) is 18.5 Å². The van der Waals surface area contributed by atoms with Gasteiger partial charge in [0.1, 0.15) is 11.6 Å². The van der Waals surface area contributed by atoms with Gasteiger partial charge in [-0.1, -0.05) is 18.2 Å². The summed E-state index contributed by atoms with van der Waals surface area (Å²) in [5.74, 6) is -0.362. The van der Waals surface area contributed by atoms with Gasteiger partial charge in [0.05, 0.1) is 24.6 Å². The summed E-state index contributed by atoms with van der Waals surface area (Å²) in [4.78, 5) is 12.2. The summed E-state index contributed by atoms with van der Waals surface area (Å²) in [6.07, 6.45) is 0. The van der Waals surface area contributed by atoms with Crippen molar-refractivity contribution in [2.45, 2.75) is 17.9 Å². The van der Waals surface area contributed by atoms with Crippen molar-refractivity contribution in [3.05, 3.63) is 59.9 Å². The monoisotopic (exact) mass is 380 g/mol. The van der Waals surface area contributed by atoms with Crippen LogP contribution in [-0.2, 0) is 14.8 Å². The smallest absolute Gasteiger partial charge is 0.243 e. The normalized spacial score (nSPS) is 12.7. The Hall–Kier alpha value is -2.45. The number of rotatable bonds is 7. The van der Waals surface area contributed by atoms with Crippen molar-refractivity contribution in [3.63, 3.8) is 0 Å². The maximum atomic E-state index is 13.0. The van der Waals surface area contributed by atoms with Crippen LogP contribution in [0.15, 0.2) is 53.4 Å². The van der Waals surface area contributed by atoms with E-state index in [9.17, 15) is 17.6 Å². The molecule has 2 aromatic carbocycles. The minimum atomic E-state index is -3.88. The first-order valence-electron chi connectivity index (χ1n) is 7.90. The van der Waals surface area contributed by atoms with Crippen molar-refractivity contribution >= 4 is 15.9 Å². The van der Waals surface area contributed by atoms with Crippen LogP contribution in [0.4, 0.5) is 4.39 Å². The van der Waals surface area contributed by atoms with E-state index in [1.807, 2.05) is 18.2 Å². The molecule has 2 rings (SSSR count). The maximum Gasteiger partial charge on any atom is 0.243 e.